The van der Waals surface area contributed by atoms with Crippen molar-refractivity contribution in [1.29, 1.82) is 0 Å². The molecule has 0 aliphatic carbocycles. The molecule has 20 heavy (non-hydrogen) atoms. The maximum absolute atomic E-state index is 12.2. The molecular weight excluding hydrogens is 280 g/mol. The van der Waals surface area contributed by atoms with E-state index in [1.165, 1.54) is 31.3 Å². The van der Waals surface area contributed by atoms with Crippen LogP contribution in [0.2, 0.25) is 0 Å². The van der Waals surface area contributed by atoms with Gasteiger partial charge in [0, 0.05) is 12.6 Å². The Morgan fingerprint density at radius 1 is 1.30 bits per heavy atom. The summed E-state index contributed by atoms with van der Waals surface area (Å²) >= 11 is 0. The molecule has 6 nitrogen and oxygen atoms in total. The molecule has 1 atom stereocenters. The van der Waals surface area contributed by atoms with Gasteiger partial charge in [-0.05, 0) is 37.6 Å². The van der Waals surface area contributed by atoms with Gasteiger partial charge in [0.1, 0.15) is 0 Å². The Hall–Kier alpha value is -1.44. The lowest BCUT2D eigenvalue weighted by Crippen LogP contribution is -2.48. The number of aliphatic hydroxyl groups is 1. The summed E-state index contributed by atoms with van der Waals surface area (Å²) in [6.45, 7) is 3.12. The van der Waals surface area contributed by atoms with Crippen LogP contribution in [0.3, 0.4) is 0 Å². The molecule has 0 saturated heterocycles. The van der Waals surface area contributed by atoms with Crippen molar-refractivity contribution in [2.24, 2.45) is 0 Å². The SMILES string of the molecule is CCC(C)(CO)NS(=O)(=O)c1ccc(C(=O)NC)cc1. The Morgan fingerprint density at radius 3 is 2.25 bits per heavy atom. The number of benzene rings is 1. The fourth-order valence-electron chi connectivity index (χ4n) is 1.53. The fourth-order valence-corrected chi connectivity index (χ4v) is 3.00. The molecule has 0 saturated carbocycles. The van der Waals surface area contributed by atoms with Gasteiger partial charge in [-0.3, -0.25) is 4.79 Å². The first-order valence-electron chi connectivity index (χ1n) is 6.25. The van der Waals surface area contributed by atoms with Crippen molar-refractivity contribution in [2.75, 3.05) is 13.7 Å². The van der Waals surface area contributed by atoms with Gasteiger partial charge in [-0.2, -0.15) is 0 Å². The van der Waals surface area contributed by atoms with Crippen molar-refractivity contribution in [2.45, 2.75) is 30.7 Å². The highest BCUT2D eigenvalue weighted by Gasteiger charge is 2.28. The third kappa shape index (κ3) is 3.78. The molecule has 7 heteroatoms. The molecule has 0 aliphatic rings. The molecule has 0 radical (unpaired) electrons. The Bertz CT molecular complexity index is 563. The van der Waals surface area contributed by atoms with Crippen LogP contribution < -0.4 is 10.0 Å². The van der Waals surface area contributed by atoms with Crippen LogP contribution >= 0.6 is 0 Å². The van der Waals surface area contributed by atoms with E-state index in [4.69, 9.17) is 0 Å². The van der Waals surface area contributed by atoms with E-state index in [2.05, 4.69) is 10.0 Å². The molecular formula is C13H20N2O4S. The summed E-state index contributed by atoms with van der Waals surface area (Å²) in [6.07, 6.45) is 0.457. The summed E-state index contributed by atoms with van der Waals surface area (Å²) in [7, 11) is -2.23. The van der Waals surface area contributed by atoms with Crippen LogP contribution in [-0.2, 0) is 10.0 Å². The van der Waals surface area contributed by atoms with Crippen molar-refractivity contribution in [1.82, 2.24) is 10.0 Å². The lowest BCUT2D eigenvalue weighted by molar-refractivity contribution is 0.0963. The summed E-state index contributed by atoms with van der Waals surface area (Å²) in [4.78, 5) is 11.4. The Balaban J connectivity index is 3.02. The maximum Gasteiger partial charge on any atom is 0.251 e. The average molecular weight is 300 g/mol. The van der Waals surface area contributed by atoms with Gasteiger partial charge in [0.25, 0.3) is 5.91 Å². The van der Waals surface area contributed by atoms with Crippen molar-refractivity contribution >= 4 is 15.9 Å². The van der Waals surface area contributed by atoms with Gasteiger partial charge in [0.15, 0.2) is 0 Å². The number of aliphatic hydroxyl groups excluding tert-OH is 1. The van der Waals surface area contributed by atoms with Gasteiger partial charge >= 0.3 is 0 Å². The molecule has 0 spiro atoms. The number of carbonyl (C=O) groups excluding carboxylic acids is 1. The predicted molar refractivity (Wildman–Crippen MR) is 75.9 cm³/mol. The van der Waals surface area contributed by atoms with E-state index < -0.39 is 15.6 Å². The number of rotatable bonds is 6. The van der Waals surface area contributed by atoms with E-state index in [0.717, 1.165) is 0 Å². The van der Waals surface area contributed by atoms with E-state index in [1.807, 2.05) is 0 Å². The first kappa shape index (κ1) is 16.6. The molecule has 0 heterocycles. The molecule has 1 aromatic rings. The highest BCUT2D eigenvalue weighted by Crippen LogP contribution is 2.16. The van der Waals surface area contributed by atoms with Crippen molar-refractivity contribution < 1.29 is 18.3 Å². The zero-order valence-electron chi connectivity index (χ0n) is 11.8. The number of amides is 1. The first-order chi connectivity index (χ1) is 9.28. The van der Waals surface area contributed by atoms with Crippen molar-refractivity contribution in [3.05, 3.63) is 29.8 Å². The van der Waals surface area contributed by atoms with E-state index in [0.29, 0.717) is 12.0 Å². The minimum absolute atomic E-state index is 0.0540. The maximum atomic E-state index is 12.2. The van der Waals surface area contributed by atoms with Gasteiger partial charge in [-0.15, -0.1) is 0 Å². The van der Waals surface area contributed by atoms with Crippen LogP contribution in [0, 0.1) is 0 Å². The van der Waals surface area contributed by atoms with E-state index in [1.54, 1.807) is 13.8 Å². The van der Waals surface area contributed by atoms with Crippen LogP contribution in [0.4, 0.5) is 0 Å². The second-order valence-corrected chi connectivity index (χ2v) is 6.46. The van der Waals surface area contributed by atoms with Gasteiger partial charge < -0.3 is 10.4 Å². The fraction of sp³-hybridized carbons (Fsp3) is 0.462. The zero-order valence-corrected chi connectivity index (χ0v) is 12.6. The summed E-state index contributed by atoms with van der Waals surface area (Å²) in [5, 5.41) is 11.7. The Labute approximate surface area is 119 Å². The highest BCUT2D eigenvalue weighted by atomic mass is 32.2. The van der Waals surface area contributed by atoms with Crippen molar-refractivity contribution in [3.63, 3.8) is 0 Å². The molecule has 0 aliphatic heterocycles. The molecule has 3 N–H and O–H groups in total. The topological polar surface area (TPSA) is 95.5 Å². The van der Waals surface area contributed by atoms with E-state index in [9.17, 15) is 18.3 Å². The van der Waals surface area contributed by atoms with Crippen LogP contribution in [0.15, 0.2) is 29.2 Å². The van der Waals surface area contributed by atoms with Crippen LogP contribution in [-0.4, -0.2) is 38.6 Å². The molecule has 0 fully saturated rings. The highest BCUT2D eigenvalue weighted by molar-refractivity contribution is 7.89. The largest absolute Gasteiger partial charge is 0.394 e. The van der Waals surface area contributed by atoms with Gasteiger partial charge in [-0.25, -0.2) is 13.1 Å². The summed E-state index contributed by atoms with van der Waals surface area (Å²) < 4.78 is 26.9. The third-order valence-electron chi connectivity index (χ3n) is 3.16. The average Bonchev–Trinajstić information content (AvgIpc) is 2.46. The minimum Gasteiger partial charge on any atom is -0.394 e. The quantitative estimate of drug-likeness (QED) is 0.712. The number of carbonyl (C=O) groups is 1. The van der Waals surface area contributed by atoms with Gasteiger partial charge in [0.05, 0.1) is 17.0 Å². The van der Waals surface area contributed by atoms with Crippen LogP contribution in [0.1, 0.15) is 30.6 Å². The van der Waals surface area contributed by atoms with Crippen LogP contribution in [0.5, 0.6) is 0 Å². The molecule has 0 aromatic heterocycles. The molecule has 112 valence electrons. The second-order valence-electron chi connectivity index (χ2n) is 4.78. The van der Waals surface area contributed by atoms with E-state index in [-0.39, 0.29) is 17.4 Å². The summed E-state index contributed by atoms with van der Waals surface area (Å²) in [5.41, 5.74) is -0.523. The number of hydrogen-bond donors (Lipinski definition) is 3. The first-order valence-corrected chi connectivity index (χ1v) is 7.73. The van der Waals surface area contributed by atoms with Gasteiger partial charge in [-0.1, -0.05) is 6.92 Å². The van der Waals surface area contributed by atoms with Gasteiger partial charge in [0.2, 0.25) is 10.0 Å². The molecule has 1 unspecified atom stereocenters. The normalized spacial score (nSPS) is 14.6. The lowest BCUT2D eigenvalue weighted by Gasteiger charge is -2.26. The Kier molecular flexibility index (Phi) is 5.27. The monoisotopic (exact) mass is 300 g/mol. The molecule has 0 bridgehead atoms. The predicted octanol–water partition coefficient (Wildman–Crippen LogP) is 0.485. The Morgan fingerprint density at radius 2 is 1.85 bits per heavy atom. The van der Waals surface area contributed by atoms with E-state index >= 15 is 0 Å². The van der Waals surface area contributed by atoms with Crippen molar-refractivity contribution in [3.8, 4) is 0 Å². The lowest BCUT2D eigenvalue weighted by atomic mass is 10.0. The molecule has 1 rings (SSSR count). The standard InChI is InChI=1S/C13H20N2O4S/c1-4-13(2,9-16)15-20(18,19)11-7-5-10(6-8-11)12(17)14-3/h5-8,15-16H,4,9H2,1-3H3,(H,14,17). The third-order valence-corrected chi connectivity index (χ3v) is 4.82. The van der Waals surface area contributed by atoms with Crippen LogP contribution in [0.25, 0.3) is 0 Å². The number of nitrogens with one attached hydrogen (secondary N) is 2. The summed E-state index contributed by atoms with van der Waals surface area (Å²) in [5.74, 6) is -0.282. The zero-order chi connectivity index (χ0) is 15.4. The number of hydrogen-bond acceptors (Lipinski definition) is 4. The smallest absolute Gasteiger partial charge is 0.251 e. The minimum atomic E-state index is -3.73. The number of sulfonamides is 1. The second kappa shape index (κ2) is 6.34. The molecule has 1 aromatic carbocycles. The summed E-state index contributed by atoms with van der Waals surface area (Å²) in [6, 6.07) is 5.60. The molecule has 1 amide bonds.